The molecular formula is C19H24N2O. The molecule has 1 unspecified atom stereocenters. The van der Waals surface area contributed by atoms with Gasteiger partial charge in [0.2, 0.25) is 5.91 Å². The Balaban J connectivity index is 2.57. The van der Waals surface area contributed by atoms with Crippen molar-refractivity contribution in [3.63, 3.8) is 0 Å². The summed E-state index contributed by atoms with van der Waals surface area (Å²) in [5.74, 6) is 0.00322. The summed E-state index contributed by atoms with van der Waals surface area (Å²) in [4.78, 5) is 14.2. The second kappa shape index (κ2) is 6.65. The first-order chi connectivity index (χ1) is 10.4. The average Bonchev–Trinajstić information content (AvgIpc) is 2.49. The smallest absolute Gasteiger partial charge is 0.244 e. The molecule has 2 aromatic rings. The van der Waals surface area contributed by atoms with E-state index in [9.17, 15) is 4.79 Å². The van der Waals surface area contributed by atoms with Gasteiger partial charge in [-0.3, -0.25) is 4.79 Å². The number of nitrogens with zero attached hydrogens (tertiary/aromatic N) is 1. The number of likely N-dealkylation sites (N-methyl/N-ethyl adjacent to an activating group) is 1. The molecule has 0 aliphatic carbocycles. The highest BCUT2D eigenvalue weighted by atomic mass is 16.1. The molecule has 0 saturated carbocycles. The molecule has 0 bridgehead atoms. The van der Waals surface area contributed by atoms with Gasteiger partial charge in [-0.2, -0.15) is 0 Å². The first kappa shape index (κ1) is 16.1. The lowest BCUT2D eigenvalue weighted by Gasteiger charge is -2.31. The van der Waals surface area contributed by atoms with Crippen molar-refractivity contribution >= 4 is 11.6 Å². The van der Waals surface area contributed by atoms with E-state index in [0.29, 0.717) is 5.92 Å². The van der Waals surface area contributed by atoms with Crippen molar-refractivity contribution in [3.8, 4) is 0 Å². The van der Waals surface area contributed by atoms with E-state index in [1.807, 2.05) is 61.3 Å². The van der Waals surface area contributed by atoms with Gasteiger partial charge in [0.1, 0.15) is 6.04 Å². The van der Waals surface area contributed by atoms with Crippen LogP contribution in [-0.2, 0) is 4.79 Å². The third-order valence-electron chi connectivity index (χ3n) is 4.07. The maximum Gasteiger partial charge on any atom is 0.244 e. The van der Waals surface area contributed by atoms with Crippen molar-refractivity contribution in [2.24, 2.45) is 5.73 Å². The summed E-state index contributed by atoms with van der Waals surface area (Å²) < 4.78 is 0. The number of hydrogen-bond donors (Lipinski definition) is 1. The number of hydrogen-bond acceptors (Lipinski definition) is 2. The lowest BCUT2D eigenvalue weighted by molar-refractivity contribution is -0.119. The molecule has 2 rings (SSSR count). The molecule has 3 heteroatoms. The van der Waals surface area contributed by atoms with Crippen LogP contribution in [0.3, 0.4) is 0 Å². The second-order valence-corrected chi connectivity index (χ2v) is 5.98. The van der Waals surface area contributed by atoms with Gasteiger partial charge in [0, 0.05) is 12.7 Å². The van der Waals surface area contributed by atoms with E-state index in [4.69, 9.17) is 5.73 Å². The molecule has 116 valence electrons. The highest BCUT2D eigenvalue weighted by Gasteiger charge is 2.27. The van der Waals surface area contributed by atoms with Crippen LogP contribution in [0, 0.1) is 6.92 Å². The second-order valence-electron chi connectivity index (χ2n) is 5.98. The molecule has 22 heavy (non-hydrogen) atoms. The number of rotatable bonds is 5. The summed E-state index contributed by atoms with van der Waals surface area (Å²) in [6.45, 7) is 6.31. The maximum absolute atomic E-state index is 12.2. The number of carbonyl (C=O) groups excluding carboxylic acids is 1. The third kappa shape index (κ3) is 3.14. The number of para-hydroxylation sites is 1. The van der Waals surface area contributed by atoms with Gasteiger partial charge in [-0.25, -0.2) is 0 Å². The molecular weight excluding hydrogens is 272 g/mol. The number of nitrogens with two attached hydrogens (primary N) is 1. The van der Waals surface area contributed by atoms with Crippen LogP contribution in [0.25, 0.3) is 0 Å². The first-order valence-electron chi connectivity index (χ1n) is 7.60. The third-order valence-corrected chi connectivity index (χ3v) is 4.07. The van der Waals surface area contributed by atoms with Gasteiger partial charge in [-0.1, -0.05) is 50.2 Å². The van der Waals surface area contributed by atoms with Crippen molar-refractivity contribution in [1.29, 1.82) is 0 Å². The molecule has 2 aromatic carbocycles. The van der Waals surface area contributed by atoms with Crippen LogP contribution in [-0.4, -0.2) is 13.0 Å². The molecule has 0 aliphatic rings. The van der Waals surface area contributed by atoms with Crippen LogP contribution < -0.4 is 10.6 Å². The normalized spacial score (nSPS) is 12.2. The number of anilines is 1. The average molecular weight is 296 g/mol. The topological polar surface area (TPSA) is 46.3 Å². The Morgan fingerprint density at radius 3 is 2.23 bits per heavy atom. The van der Waals surface area contributed by atoms with Gasteiger partial charge < -0.3 is 10.6 Å². The molecule has 1 atom stereocenters. The van der Waals surface area contributed by atoms with Gasteiger partial charge in [-0.15, -0.1) is 0 Å². The fourth-order valence-corrected chi connectivity index (χ4v) is 2.92. The minimum absolute atomic E-state index is 0.331. The number of carbonyl (C=O) groups is 1. The number of primary amides is 1. The Morgan fingerprint density at radius 1 is 1.05 bits per heavy atom. The first-order valence-corrected chi connectivity index (χ1v) is 7.60. The van der Waals surface area contributed by atoms with Crippen LogP contribution in [0.15, 0.2) is 48.5 Å². The molecule has 0 aromatic heterocycles. The Bertz CT molecular complexity index is 650. The van der Waals surface area contributed by atoms with Crippen molar-refractivity contribution in [2.75, 3.05) is 11.9 Å². The molecule has 0 heterocycles. The summed E-state index contributed by atoms with van der Waals surface area (Å²) in [5, 5.41) is 0. The van der Waals surface area contributed by atoms with Gasteiger partial charge in [0.15, 0.2) is 0 Å². The molecule has 0 saturated heterocycles. The maximum atomic E-state index is 12.2. The summed E-state index contributed by atoms with van der Waals surface area (Å²) in [5.41, 5.74) is 10.0. The summed E-state index contributed by atoms with van der Waals surface area (Å²) in [6.07, 6.45) is 0. The predicted molar refractivity (Wildman–Crippen MR) is 92.0 cm³/mol. The molecule has 3 nitrogen and oxygen atoms in total. The standard InChI is InChI=1S/C19H24N2O/c1-13(2)16-12-8-9-14(3)17(16)18(19(20)22)21(4)15-10-6-5-7-11-15/h5-13,18H,1-4H3,(H2,20,22). The van der Waals surface area contributed by atoms with Gasteiger partial charge >= 0.3 is 0 Å². The van der Waals surface area contributed by atoms with Crippen molar-refractivity contribution in [3.05, 3.63) is 65.2 Å². The lowest BCUT2D eigenvalue weighted by atomic mass is 9.88. The minimum Gasteiger partial charge on any atom is -0.368 e. The zero-order valence-corrected chi connectivity index (χ0v) is 13.7. The van der Waals surface area contributed by atoms with Gasteiger partial charge in [0.05, 0.1) is 0 Å². The zero-order valence-electron chi connectivity index (χ0n) is 13.7. The fourth-order valence-electron chi connectivity index (χ4n) is 2.92. The largest absolute Gasteiger partial charge is 0.368 e. The number of aryl methyl sites for hydroxylation is 1. The summed E-state index contributed by atoms with van der Waals surface area (Å²) in [7, 11) is 1.92. The van der Waals surface area contributed by atoms with Crippen molar-refractivity contribution in [2.45, 2.75) is 32.7 Å². The Kier molecular flexibility index (Phi) is 4.86. The molecule has 0 fully saturated rings. The molecule has 1 amide bonds. The summed E-state index contributed by atoms with van der Waals surface area (Å²) >= 11 is 0. The van der Waals surface area contributed by atoms with Crippen LogP contribution in [0.4, 0.5) is 5.69 Å². The van der Waals surface area contributed by atoms with Crippen molar-refractivity contribution < 1.29 is 4.79 Å². The Hall–Kier alpha value is -2.29. The number of amides is 1. The number of benzene rings is 2. The fraction of sp³-hybridized carbons (Fsp3) is 0.316. The molecule has 2 N–H and O–H groups in total. The lowest BCUT2D eigenvalue weighted by Crippen LogP contribution is -2.36. The monoisotopic (exact) mass is 296 g/mol. The molecule has 0 radical (unpaired) electrons. The minimum atomic E-state index is -0.471. The van der Waals surface area contributed by atoms with E-state index in [2.05, 4.69) is 19.9 Å². The van der Waals surface area contributed by atoms with E-state index in [-0.39, 0.29) is 5.91 Å². The highest BCUT2D eigenvalue weighted by molar-refractivity contribution is 5.86. The summed E-state index contributed by atoms with van der Waals surface area (Å²) in [6, 6.07) is 15.6. The van der Waals surface area contributed by atoms with E-state index in [0.717, 1.165) is 16.8 Å². The quantitative estimate of drug-likeness (QED) is 0.912. The van der Waals surface area contributed by atoms with Crippen LogP contribution >= 0.6 is 0 Å². The van der Waals surface area contributed by atoms with E-state index >= 15 is 0 Å². The zero-order chi connectivity index (χ0) is 16.3. The van der Waals surface area contributed by atoms with E-state index < -0.39 is 6.04 Å². The van der Waals surface area contributed by atoms with Gasteiger partial charge in [-0.05, 0) is 41.7 Å². The van der Waals surface area contributed by atoms with Crippen LogP contribution in [0.2, 0.25) is 0 Å². The Morgan fingerprint density at radius 2 is 1.68 bits per heavy atom. The van der Waals surface area contributed by atoms with Crippen LogP contribution in [0.1, 0.15) is 42.5 Å². The van der Waals surface area contributed by atoms with Crippen LogP contribution in [0.5, 0.6) is 0 Å². The Labute approximate surface area is 132 Å². The van der Waals surface area contributed by atoms with Gasteiger partial charge in [0.25, 0.3) is 0 Å². The van der Waals surface area contributed by atoms with Crippen molar-refractivity contribution in [1.82, 2.24) is 0 Å². The van der Waals surface area contributed by atoms with E-state index in [1.165, 1.54) is 5.56 Å². The SMILES string of the molecule is Cc1cccc(C(C)C)c1C(C(N)=O)N(C)c1ccccc1. The predicted octanol–water partition coefficient (Wildman–Crippen LogP) is 3.78. The van der Waals surface area contributed by atoms with E-state index in [1.54, 1.807) is 0 Å². The highest BCUT2D eigenvalue weighted by Crippen LogP contribution is 2.33. The molecule has 0 spiro atoms. The molecule has 0 aliphatic heterocycles.